The topological polar surface area (TPSA) is 74.3 Å². The van der Waals surface area contributed by atoms with Crippen molar-refractivity contribution >= 4 is 29.0 Å². The second-order valence-corrected chi connectivity index (χ2v) is 6.80. The van der Waals surface area contributed by atoms with E-state index < -0.39 is 0 Å². The van der Waals surface area contributed by atoms with Crippen LogP contribution >= 0.6 is 11.3 Å². The highest BCUT2D eigenvalue weighted by Crippen LogP contribution is 2.17. The largest absolute Gasteiger partial charge is 0.336 e. The molecule has 2 aromatic rings. The number of aryl methyl sites for hydroxylation is 1. The molecule has 7 heteroatoms. The summed E-state index contributed by atoms with van der Waals surface area (Å²) in [6, 6.07) is 7.06. The molecule has 0 aliphatic carbocycles. The zero-order valence-electron chi connectivity index (χ0n) is 13.5. The molecule has 2 aromatic heterocycles. The number of hydrogen-bond donors (Lipinski definition) is 2. The van der Waals surface area contributed by atoms with E-state index in [1.54, 1.807) is 6.20 Å². The number of carbonyl (C=O) groups excluding carboxylic acids is 2. The number of thiophene rings is 1. The van der Waals surface area contributed by atoms with Gasteiger partial charge in [-0.25, -0.2) is 4.79 Å². The number of nitrogens with zero attached hydrogens (tertiary/aromatic N) is 2. The first-order valence-corrected chi connectivity index (χ1v) is 8.83. The van der Waals surface area contributed by atoms with Crippen molar-refractivity contribution in [3.63, 3.8) is 0 Å². The van der Waals surface area contributed by atoms with Crippen LogP contribution in [-0.2, 0) is 0 Å². The van der Waals surface area contributed by atoms with Crippen LogP contribution in [0.5, 0.6) is 0 Å². The third-order valence-electron chi connectivity index (χ3n) is 3.95. The average Bonchev–Trinajstić information content (AvgIpc) is 3.11. The predicted molar refractivity (Wildman–Crippen MR) is 94.4 cm³/mol. The monoisotopic (exact) mass is 344 g/mol. The molecule has 0 unspecified atom stereocenters. The van der Waals surface area contributed by atoms with Gasteiger partial charge in [-0.1, -0.05) is 6.07 Å². The Kier molecular flexibility index (Phi) is 5.10. The van der Waals surface area contributed by atoms with Gasteiger partial charge in [-0.05, 0) is 43.3 Å². The molecule has 3 amide bonds. The van der Waals surface area contributed by atoms with E-state index in [-0.39, 0.29) is 18.0 Å². The summed E-state index contributed by atoms with van der Waals surface area (Å²) in [4.78, 5) is 31.2. The predicted octanol–water partition coefficient (Wildman–Crippen LogP) is 2.88. The first-order chi connectivity index (χ1) is 11.6. The summed E-state index contributed by atoms with van der Waals surface area (Å²) in [5.74, 6) is 0.0413. The van der Waals surface area contributed by atoms with Crippen LogP contribution in [0.3, 0.4) is 0 Å². The van der Waals surface area contributed by atoms with E-state index in [2.05, 4.69) is 15.6 Å². The number of piperidine rings is 1. The molecule has 0 aromatic carbocycles. The Hall–Kier alpha value is -2.41. The smallest absolute Gasteiger partial charge is 0.319 e. The molecule has 1 fully saturated rings. The zero-order valence-corrected chi connectivity index (χ0v) is 14.3. The van der Waals surface area contributed by atoms with Crippen molar-refractivity contribution in [3.05, 3.63) is 46.4 Å². The van der Waals surface area contributed by atoms with Gasteiger partial charge >= 0.3 is 6.03 Å². The fourth-order valence-corrected chi connectivity index (χ4v) is 3.42. The van der Waals surface area contributed by atoms with Gasteiger partial charge in [0.05, 0.1) is 16.8 Å². The average molecular weight is 344 g/mol. The summed E-state index contributed by atoms with van der Waals surface area (Å²) in [6.45, 7) is 3.17. The normalized spacial score (nSPS) is 17.4. The lowest BCUT2D eigenvalue weighted by molar-refractivity contribution is 0.0703. The first kappa shape index (κ1) is 16.4. The highest BCUT2D eigenvalue weighted by molar-refractivity contribution is 7.12. The number of likely N-dealkylation sites (tertiary alicyclic amines) is 1. The summed E-state index contributed by atoms with van der Waals surface area (Å²) in [5.41, 5.74) is 1.55. The molecule has 2 N–H and O–H groups in total. The van der Waals surface area contributed by atoms with E-state index in [1.807, 2.05) is 41.5 Å². The van der Waals surface area contributed by atoms with Crippen molar-refractivity contribution in [1.29, 1.82) is 0 Å². The molecule has 0 radical (unpaired) electrons. The van der Waals surface area contributed by atoms with Crippen molar-refractivity contribution < 1.29 is 9.59 Å². The van der Waals surface area contributed by atoms with Gasteiger partial charge in [0.1, 0.15) is 0 Å². The van der Waals surface area contributed by atoms with Crippen molar-refractivity contribution in [2.75, 3.05) is 18.4 Å². The lowest BCUT2D eigenvalue weighted by atomic mass is 10.1. The van der Waals surface area contributed by atoms with Gasteiger partial charge in [-0.15, -0.1) is 11.3 Å². The van der Waals surface area contributed by atoms with Crippen LogP contribution in [0, 0.1) is 6.92 Å². The minimum atomic E-state index is -0.268. The summed E-state index contributed by atoms with van der Waals surface area (Å²) in [5, 5.41) is 7.62. The fraction of sp³-hybridized carbons (Fsp3) is 0.353. The summed E-state index contributed by atoms with van der Waals surface area (Å²) < 4.78 is 0. The van der Waals surface area contributed by atoms with E-state index in [4.69, 9.17) is 0 Å². The van der Waals surface area contributed by atoms with E-state index in [1.165, 1.54) is 11.3 Å². The van der Waals surface area contributed by atoms with Crippen LogP contribution < -0.4 is 10.6 Å². The molecule has 0 bridgehead atoms. The zero-order chi connectivity index (χ0) is 16.9. The Labute approximate surface area is 144 Å². The number of carbonyl (C=O) groups is 2. The van der Waals surface area contributed by atoms with E-state index in [0.29, 0.717) is 12.2 Å². The van der Waals surface area contributed by atoms with Gasteiger partial charge in [0.15, 0.2) is 0 Å². The molecule has 126 valence electrons. The number of rotatable bonds is 3. The van der Waals surface area contributed by atoms with Gasteiger partial charge in [0, 0.05) is 24.8 Å². The van der Waals surface area contributed by atoms with E-state index >= 15 is 0 Å². The van der Waals surface area contributed by atoms with Crippen molar-refractivity contribution in [2.45, 2.75) is 25.8 Å². The maximum absolute atomic E-state index is 12.4. The third kappa shape index (κ3) is 4.11. The van der Waals surface area contributed by atoms with Gasteiger partial charge in [-0.3, -0.25) is 9.78 Å². The molecule has 0 spiro atoms. The lowest BCUT2D eigenvalue weighted by Crippen LogP contribution is -2.50. The molecule has 3 rings (SSSR count). The van der Waals surface area contributed by atoms with Crippen LogP contribution in [0.25, 0.3) is 0 Å². The number of amides is 3. The van der Waals surface area contributed by atoms with Crippen LogP contribution in [0.2, 0.25) is 0 Å². The van der Waals surface area contributed by atoms with Gasteiger partial charge in [-0.2, -0.15) is 0 Å². The summed E-state index contributed by atoms with van der Waals surface area (Å²) in [6.07, 6.45) is 3.38. The number of anilines is 1. The maximum atomic E-state index is 12.4. The number of hydrogen-bond acceptors (Lipinski definition) is 4. The number of aromatic nitrogens is 1. The summed E-state index contributed by atoms with van der Waals surface area (Å²) >= 11 is 1.44. The Morgan fingerprint density at radius 3 is 2.92 bits per heavy atom. The number of pyridine rings is 1. The third-order valence-corrected chi connectivity index (χ3v) is 4.80. The number of urea groups is 1. The molecular formula is C17H20N4O2S. The van der Waals surface area contributed by atoms with Gasteiger partial charge in [0.2, 0.25) is 0 Å². The van der Waals surface area contributed by atoms with Crippen LogP contribution in [-0.4, -0.2) is 41.0 Å². The summed E-state index contributed by atoms with van der Waals surface area (Å²) in [7, 11) is 0. The highest BCUT2D eigenvalue weighted by Gasteiger charge is 2.25. The SMILES string of the molecule is Cc1ccc(NC(=O)N[C@H]2CCCN(C(=O)c3cccs3)C2)cn1. The maximum Gasteiger partial charge on any atom is 0.319 e. The van der Waals surface area contributed by atoms with E-state index in [9.17, 15) is 9.59 Å². The fourth-order valence-electron chi connectivity index (χ4n) is 2.73. The van der Waals surface area contributed by atoms with Gasteiger partial charge < -0.3 is 15.5 Å². The minimum Gasteiger partial charge on any atom is -0.336 e. The Morgan fingerprint density at radius 1 is 1.33 bits per heavy atom. The molecule has 1 saturated heterocycles. The quantitative estimate of drug-likeness (QED) is 0.899. The first-order valence-electron chi connectivity index (χ1n) is 7.95. The van der Waals surface area contributed by atoms with Crippen molar-refractivity contribution in [2.24, 2.45) is 0 Å². The second-order valence-electron chi connectivity index (χ2n) is 5.85. The van der Waals surface area contributed by atoms with E-state index in [0.717, 1.165) is 30.0 Å². The molecular weight excluding hydrogens is 324 g/mol. The Bertz CT molecular complexity index is 700. The highest BCUT2D eigenvalue weighted by atomic mass is 32.1. The molecule has 1 aliphatic rings. The molecule has 3 heterocycles. The number of nitrogens with one attached hydrogen (secondary N) is 2. The molecule has 1 atom stereocenters. The minimum absolute atomic E-state index is 0.0407. The molecule has 6 nitrogen and oxygen atoms in total. The Balaban J connectivity index is 1.54. The van der Waals surface area contributed by atoms with Crippen LogP contribution in [0.1, 0.15) is 28.2 Å². The van der Waals surface area contributed by atoms with Crippen LogP contribution in [0.4, 0.5) is 10.5 Å². The van der Waals surface area contributed by atoms with Crippen molar-refractivity contribution in [3.8, 4) is 0 Å². The van der Waals surface area contributed by atoms with Crippen molar-refractivity contribution in [1.82, 2.24) is 15.2 Å². The molecule has 0 saturated carbocycles. The van der Waals surface area contributed by atoms with Gasteiger partial charge in [0.25, 0.3) is 5.91 Å². The van der Waals surface area contributed by atoms with Crippen LogP contribution in [0.15, 0.2) is 35.8 Å². The second kappa shape index (κ2) is 7.44. The Morgan fingerprint density at radius 2 is 2.21 bits per heavy atom. The molecule has 24 heavy (non-hydrogen) atoms. The molecule has 1 aliphatic heterocycles. The lowest BCUT2D eigenvalue weighted by Gasteiger charge is -2.32. The standard InChI is InChI=1S/C17H20N4O2S/c1-12-6-7-13(10-18-12)19-17(23)20-14-4-2-8-21(11-14)16(22)15-5-3-9-24-15/h3,5-7,9-10,14H,2,4,8,11H2,1H3,(H2,19,20,23)/t14-/m0/s1.